The highest BCUT2D eigenvalue weighted by Crippen LogP contribution is 2.19. The van der Waals surface area contributed by atoms with Crippen molar-refractivity contribution in [3.8, 4) is 0 Å². The third-order valence-electron chi connectivity index (χ3n) is 6.34. The normalized spacial score (nSPS) is 13.3. The van der Waals surface area contributed by atoms with E-state index >= 15 is 0 Å². The van der Waals surface area contributed by atoms with Gasteiger partial charge in [0.15, 0.2) is 6.10 Å². The second-order valence-corrected chi connectivity index (χ2v) is 9.37. The molecule has 0 amide bonds. The lowest BCUT2D eigenvalue weighted by Crippen LogP contribution is -2.47. The first-order valence-electron chi connectivity index (χ1n) is 13.5. The molecule has 0 saturated carbocycles. The molecule has 0 N–H and O–H groups in total. The lowest BCUT2D eigenvalue weighted by molar-refractivity contribution is -0.180. The molecule has 0 unspecified atom stereocenters. The molecule has 0 heterocycles. The Labute approximate surface area is 236 Å². The van der Waals surface area contributed by atoms with E-state index in [0.717, 1.165) is 22.3 Å². The minimum Gasteiger partial charge on any atom is -0.459 e. The van der Waals surface area contributed by atoms with E-state index in [1.807, 2.05) is 121 Å². The summed E-state index contributed by atoms with van der Waals surface area (Å²) in [6.45, 7) is 2.27. The SMILES string of the molecule is O=CO[C@@H](COCc1ccccc1)[C@H](OCc1ccccc1)[C@H](COCc1ccccc1)OCc1ccccc1. The summed E-state index contributed by atoms with van der Waals surface area (Å²) in [5, 5.41) is 0. The molecule has 6 nitrogen and oxygen atoms in total. The van der Waals surface area contributed by atoms with Crippen molar-refractivity contribution in [2.75, 3.05) is 13.2 Å². The molecule has 4 aromatic carbocycles. The zero-order valence-electron chi connectivity index (χ0n) is 22.5. The van der Waals surface area contributed by atoms with E-state index in [2.05, 4.69) is 0 Å². The van der Waals surface area contributed by atoms with Crippen LogP contribution in [0.2, 0.25) is 0 Å². The first-order valence-corrected chi connectivity index (χ1v) is 13.5. The fraction of sp³-hybridized carbons (Fsp3) is 0.265. The van der Waals surface area contributed by atoms with Gasteiger partial charge in [0.1, 0.15) is 12.2 Å². The van der Waals surface area contributed by atoms with Crippen LogP contribution in [-0.4, -0.2) is 38.0 Å². The lowest BCUT2D eigenvalue weighted by Gasteiger charge is -2.32. The van der Waals surface area contributed by atoms with E-state index in [-0.39, 0.29) is 13.2 Å². The zero-order valence-corrected chi connectivity index (χ0v) is 22.5. The Morgan fingerprint density at radius 1 is 0.475 bits per heavy atom. The van der Waals surface area contributed by atoms with Crippen molar-refractivity contribution in [2.24, 2.45) is 0 Å². The molecule has 0 aromatic heterocycles. The third kappa shape index (κ3) is 10.1. The number of hydrogen-bond acceptors (Lipinski definition) is 6. The molecule has 3 atom stereocenters. The number of benzene rings is 4. The molecule has 4 aromatic rings. The van der Waals surface area contributed by atoms with Crippen molar-refractivity contribution in [3.05, 3.63) is 144 Å². The summed E-state index contributed by atoms with van der Waals surface area (Å²) in [6.07, 6.45) is -1.91. The van der Waals surface area contributed by atoms with Gasteiger partial charge < -0.3 is 23.7 Å². The molecule has 4 rings (SSSR count). The van der Waals surface area contributed by atoms with Crippen LogP contribution in [0.25, 0.3) is 0 Å². The largest absolute Gasteiger partial charge is 0.459 e. The maximum absolute atomic E-state index is 11.6. The Morgan fingerprint density at radius 3 is 1.27 bits per heavy atom. The molecular formula is C34H36O6. The van der Waals surface area contributed by atoms with Gasteiger partial charge in [-0.3, -0.25) is 4.79 Å². The number of hydrogen-bond donors (Lipinski definition) is 0. The number of rotatable bonds is 18. The lowest BCUT2D eigenvalue weighted by atomic mass is 10.1. The molecule has 0 bridgehead atoms. The van der Waals surface area contributed by atoms with Gasteiger partial charge in [0.05, 0.1) is 39.6 Å². The van der Waals surface area contributed by atoms with Crippen LogP contribution >= 0.6 is 0 Å². The Morgan fingerprint density at radius 2 is 0.850 bits per heavy atom. The third-order valence-corrected chi connectivity index (χ3v) is 6.34. The average molecular weight is 541 g/mol. The number of carbonyl (C=O) groups is 1. The van der Waals surface area contributed by atoms with E-state index in [1.165, 1.54) is 0 Å². The average Bonchev–Trinajstić information content (AvgIpc) is 3.01. The predicted octanol–water partition coefficient (Wildman–Crippen LogP) is 6.13. The molecule has 0 saturated heterocycles. The summed E-state index contributed by atoms with van der Waals surface area (Å²) in [5.41, 5.74) is 4.09. The molecule has 40 heavy (non-hydrogen) atoms. The van der Waals surface area contributed by atoms with Crippen LogP contribution in [0.15, 0.2) is 121 Å². The van der Waals surface area contributed by atoms with E-state index in [9.17, 15) is 4.79 Å². The first-order chi connectivity index (χ1) is 19.8. The Hall–Kier alpha value is -3.81. The summed E-state index contributed by atoms with van der Waals surface area (Å²) in [5.74, 6) is 0. The highest BCUT2D eigenvalue weighted by molar-refractivity contribution is 5.37. The quantitative estimate of drug-likeness (QED) is 0.142. The topological polar surface area (TPSA) is 63.2 Å². The maximum atomic E-state index is 11.6. The standard InChI is InChI=1S/C34H36O6/c35-27-40-33(26-37-22-29-15-7-2-8-16-29)34(39-24-31-19-11-4-12-20-31)32(38-23-30-17-9-3-10-18-30)25-36-21-28-13-5-1-6-14-28/h1-20,27,32-34H,21-26H2/t32-,33-,34+/m0/s1. The molecule has 0 aliphatic rings. The fourth-order valence-electron chi connectivity index (χ4n) is 4.25. The molecule has 0 radical (unpaired) electrons. The highest BCUT2D eigenvalue weighted by Gasteiger charge is 2.34. The first kappa shape index (κ1) is 29.2. The van der Waals surface area contributed by atoms with Crippen LogP contribution in [0.1, 0.15) is 22.3 Å². The van der Waals surface area contributed by atoms with Gasteiger partial charge in [0.25, 0.3) is 6.47 Å². The number of ether oxygens (including phenoxy) is 5. The predicted molar refractivity (Wildman–Crippen MR) is 153 cm³/mol. The van der Waals surface area contributed by atoms with Crippen molar-refractivity contribution < 1.29 is 28.5 Å². The van der Waals surface area contributed by atoms with Gasteiger partial charge in [-0.25, -0.2) is 0 Å². The van der Waals surface area contributed by atoms with Gasteiger partial charge >= 0.3 is 0 Å². The van der Waals surface area contributed by atoms with E-state index in [1.54, 1.807) is 0 Å². The molecule has 0 aliphatic heterocycles. The molecule has 208 valence electrons. The Kier molecular flexibility index (Phi) is 12.4. The Bertz CT molecular complexity index is 1200. The van der Waals surface area contributed by atoms with Crippen molar-refractivity contribution in [1.29, 1.82) is 0 Å². The number of carbonyl (C=O) groups excluding carboxylic acids is 1. The highest BCUT2D eigenvalue weighted by atomic mass is 16.6. The van der Waals surface area contributed by atoms with Gasteiger partial charge in [-0.2, -0.15) is 0 Å². The van der Waals surface area contributed by atoms with E-state index < -0.39 is 18.3 Å². The fourth-order valence-corrected chi connectivity index (χ4v) is 4.25. The monoisotopic (exact) mass is 540 g/mol. The molecule has 0 spiro atoms. The van der Waals surface area contributed by atoms with Crippen molar-refractivity contribution in [2.45, 2.75) is 44.7 Å². The van der Waals surface area contributed by atoms with Crippen molar-refractivity contribution >= 4 is 6.47 Å². The maximum Gasteiger partial charge on any atom is 0.293 e. The molecular weight excluding hydrogens is 504 g/mol. The van der Waals surface area contributed by atoms with E-state index in [4.69, 9.17) is 23.7 Å². The summed E-state index contributed by atoms with van der Waals surface area (Å²) in [7, 11) is 0. The second kappa shape index (κ2) is 17.0. The van der Waals surface area contributed by atoms with Crippen LogP contribution < -0.4 is 0 Å². The summed E-state index contributed by atoms with van der Waals surface area (Å²) >= 11 is 0. The molecule has 0 fully saturated rings. The summed E-state index contributed by atoms with van der Waals surface area (Å²) in [4.78, 5) is 11.6. The van der Waals surface area contributed by atoms with Gasteiger partial charge in [-0.15, -0.1) is 0 Å². The zero-order chi connectivity index (χ0) is 27.7. The van der Waals surface area contributed by atoms with Crippen molar-refractivity contribution in [1.82, 2.24) is 0 Å². The van der Waals surface area contributed by atoms with Crippen LogP contribution in [0.3, 0.4) is 0 Å². The van der Waals surface area contributed by atoms with Crippen LogP contribution in [0.5, 0.6) is 0 Å². The van der Waals surface area contributed by atoms with Crippen LogP contribution in [-0.2, 0) is 54.9 Å². The second-order valence-electron chi connectivity index (χ2n) is 9.37. The van der Waals surface area contributed by atoms with Crippen LogP contribution in [0, 0.1) is 0 Å². The minimum atomic E-state index is -0.717. The molecule has 0 aliphatic carbocycles. The van der Waals surface area contributed by atoms with Crippen LogP contribution in [0.4, 0.5) is 0 Å². The molecule has 6 heteroatoms. The smallest absolute Gasteiger partial charge is 0.293 e. The van der Waals surface area contributed by atoms with E-state index in [0.29, 0.717) is 32.9 Å². The van der Waals surface area contributed by atoms with Gasteiger partial charge in [-0.1, -0.05) is 121 Å². The summed E-state index contributed by atoms with van der Waals surface area (Å²) in [6, 6.07) is 39.6. The van der Waals surface area contributed by atoms with Crippen molar-refractivity contribution in [3.63, 3.8) is 0 Å². The summed E-state index contributed by atoms with van der Waals surface area (Å²) < 4.78 is 30.5. The Balaban J connectivity index is 1.51. The minimum absolute atomic E-state index is 0.136. The van der Waals surface area contributed by atoms with Gasteiger partial charge in [-0.05, 0) is 22.3 Å². The van der Waals surface area contributed by atoms with Gasteiger partial charge in [0, 0.05) is 0 Å². The van der Waals surface area contributed by atoms with Gasteiger partial charge in [0.2, 0.25) is 0 Å².